The van der Waals surface area contributed by atoms with Crippen molar-refractivity contribution >= 4 is 17.4 Å². The van der Waals surface area contributed by atoms with Crippen molar-refractivity contribution in [1.82, 2.24) is 4.98 Å². The molecule has 3 rings (SSSR count). The van der Waals surface area contributed by atoms with Crippen molar-refractivity contribution in [3.05, 3.63) is 48.4 Å². The minimum Gasteiger partial charge on any atom is -0.481 e. The molecule has 0 spiro atoms. The van der Waals surface area contributed by atoms with Crippen molar-refractivity contribution < 1.29 is 13.9 Å². The SMILES string of the molecule is O=C(COc1ccccc1F)Nc1ccc(N2CCCC2)cn1. The molecule has 0 unspecified atom stereocenters. The zero-order valence-corrected chi connectivity index (χ0v) is 12.7. The van der Waals surface area contributed by atoms with Gasteiger partial charge in [0.2, 0.25) is 0 Å². The molecule has 0 bridgehead atoms. The van der Waals surface area contributed by atoms with Crippen molar-refractivity contribution in [3.63, 3.8) is 0 Å². The van der Waals surface area contributed by atoms with Crippen LogP contribution in [0.25, 0.3) is 0 Å². The van der Waals surface area contributed by atoms with Gasteiger partial charge in [-0.2, -0.15) is 0 Å². The predicted octanol–water partition coefficient (Wildman–Crippen LogP) is 2.84. The van der Waals surface area contributed by atoms with Gasteiger partial charge in [-0.15, -0.1) is 0 Å². The van der Waals surface area contributed by atoms with Crippen LogP contribution in [0.4, 0.5) is 15.9 Å². The molecule has 5 nitrogen and oxygen atoms in total. The van der Waals surface area contributed by atoms with E-state index in [0.29, 0.717) is 5.82 Å². The number of halogens is 1. The van der Waals surface area contributed by atoms with Gasteiger partial charge in [-0.05, 0) is 37.1 Å². The molecule has 1 aliphatic heterocycles. The highest BCUT2D eigenvalue weighted by Gasteiger charge is 2.13. The smallest absolute Gasteiger partial charge is 0.263 e. The second-order valence-corrected chi connectivity index (χ2v) is 5.36. The quantitative estimate of drug-likeness (QED) is 0.922. The minimum absolute atomic E-state index is 0.0555. The first-order chi connectivity index (χ1) is 11.2. The Hall–Kier alpha value is -2.63. The van der Waals surface area contributed by atoms with Gasteiger partial charge in [-0.3, -0.25) is 4.79 Å². The number of carbonyl (C=O) groups excluding carboxylic acids is 1. The summed E-state index contributed by atoms with van der Waals surface area (Å²) in [5.74, 6) is -0.363. The highest BCUT2D eigenvalue weighted by Crippen LogP contribution is 2.20. The molecule has 0 aliphatic carbocycles. The molecule has 0 radical (unpaired) electrons. The number of hydrogen-bond donors (Lipinski definition) is 1. The van der Waals surface area contributed by atoms with Crippen LogP contribution >= 0.6 is 0 Å². The van der Waals surface area contributed by atoms with Gasteiger partial charge in [0.05, 0.1) is 11.9 Å². The molecule has 1 N–H and O–H groups in total. The van der Waals surface area contributed by atoms with Crippen molar-refractivity contribution in [3.8, 4) is 5.75 Å². The topological polar surface area (TPSA) is 54.5 Å². The van der Waals surface area contributed by atoms with Crippen LogP contribution in [0.2, 0.25) is 0 Å². The Morgan fingerprint density at radius 1 is 1.22 bits per heavy atom. The maximum absolute atomic E-state index is 13.4. The number of para-hydroxylation sites is 1. The van der Waals surface area contributed by atoms with Crippen LogP contribution in [0.5, 0.6) is 5.75 Å². The fraction of sp³-hybridized carbons (Fsp3) is 0.294. The molecule has 2 aromatic rings. The van der Waals surface area contributed by atoms with Crippen molar-refractivity contribution in [2.75, 3.05) is 29.9 Å². The maximum Gasteiger partial charge on any atom is 0.263 e. The Balaban J connectivity index is 1.52. The van der Waals surface area contributed by atoms with Crippen LogP contribution in [0, 0.1) is 5.82 Å². The van der Waals surface area contributed by atoms with Gasteiger partial charge in [0.25, 0.3) is 5.91 Å². The van der Waals surface area contributed by atoms with E-state index in [1.165, 1.54) is 25.0 Å². The van der Waals surface area contributed by atoms with Crippen molar-refractivity contribution in [1.29, 1.82) is 0 Å². The van der Waals surface area contributed by atoms with E-state index in [1.54, 1.807) is 24.4 Å². The Morgan fingerprint density at radius 2 is 2.00 bits per heavy atom. The molecule has 23 heavy (non-hydrogen) atoms. The molecule has 1 aliphatic rings. The normalized spacial score (nSPS) is 13.9. The van der Waals surface area contributed by atoms with Gasteiger partial charge in [0, 0.05) is 13.1 Å². The fourth-order valence-corrected chi connectivity index (χ4v) is 2.51. The molecule has 1 fully saturated rings. The molecule has 1 saturated heterocycles. The Kier molecular flexibility index (Phi) is 4.71. The van der Waals surface area contributed by atoms with Crippen LogP contribution in [0.15, 0.2) is 42.6 Å². The van der Waals surface area contributed by atoms with E-state index in [0.717, 1.165) is 18.8 Å². The highest BCUT2D eigenvalue weighted by molar-refractivity contribution is 5.91. The van der Waals surface area contributed by atoms with E-state index in [1.807, 2.05) is 6.07 Å². The third kappa shape index (κ3) is 3.97. The number of amides is 1. The first-order valence-electron chi connectivity index (χ1n) is 7.60. The van der Waals surface area contributed by atoms with E-state index in [4.69, 9.17) is 4.74 Å². The number of anilines is 2. The van der Waals surface area contributed by atoms with Gasteiger partial charge in [-0.25, -0.2) is 9.37 Å². The summed E-state index contributed by atoms with van der Waals surface area (Å²) in [6.45, 7) is 1.82. The molecule has 1 aromatic heterocycles. The molecule has 2 heterocycles. The van der Waals surface area contributed by atoms with Crippen molar-refractivity contribution in [2.45, 2.75) is 12.8 Å². The highest BCUT2D eigenvalue weighted by atomic mass is 19.1. The fourth-order valence-electron chi connectivity index (χ4n) is 2.51. The summed E-state index contributed by atoms with van der Waals surface area (Å²) >= 11 is 0. The Labute approximate surface area is 134 Å². The van der Waals surface area contributed by atoms with E-state index in [-0.39, 0.29) is 18.3 Å². The van der Waals surface area contributed by atoms with E-state index in [9.17, 15) is 9.18 Å². The van der Waals surface area contributed by atoms with Crippen molar-refractivity contribution in [2.24, 2.45) is 0 Å². The summed E-state index contributed by atoms with van der Waals surface area (Å²) in [5.41, 5.74) is 1.06. The van der Waals surface area contributed by atoms with Crippen LogP contribution in [-0.4, -0.2) is 30.6 Å². The first kappa shape index (κ1) is 15.3. The number of pyridine rings is 1. The summed E-state index contributed by atoms with van der Waals surface area (Å²) in [5, 5.41) is 2.63. The number of nitrogens with zero attached hydrogens (tertiary/aromatic N) is 2. The minimum atomic E-state index is -0.492. The summed E-state index contributed by atoms with van der Waals surface area (Å²) in [6.07, 6.45) is 4.15. The van der Waals surface area contributed by atoms with Crippen LogP contribution in [0.1, 0.15) is 12.8 Å². The average Bonchev–Trinajstić information content (AvgIpc) is 3.09. The molecule has 1 aromatic carbocycles. The number of carbonyl (C=O) groups is 1. The van der Waals surface area contributed by atoms with E-state index in [2.05, 4.69) is 15.2 Å². The lowest BCUT2D eigenvalue weighted by atomic mass is 10.3. The second-order valence-electron chi connectivity index (χ2n) is 5.36. The first-order valence-corrected chi connectivity index (χ1v) is 7.60. The molecule has 0 atom stereocenters. The van der Waals surface area contributed by atoms with Crippen LogP contribution < -0.4 is 15.0 Å². The van der Waals surface area contributed by atoms with E-state index >= 15 is 0 Å². The largest absolute Gasteiger partial charge is 0.481 e. The summed E-state index contributed by atoms with van der Waals surface area (Å²) < 4.78 is 18.5. The molecular weight excluding hydrogens is 297 g/mol. The zero-order chi connectivity index (χ0) is 16.1. The number of benzene rings is 1. The Morgan fingerprint density at radius 3 is 2.70 bits per heavy atom. The lowest BCUT2D eigenvalue weighted by Gasteiger charge is -2.17. The maximum atomic E-state index is 13.4. The van der Waals surface area contributed by atoms with Gasteiger partial charge < -0.3 is 15.0 Å². The number of ether oxygens (including phenoxy) is 1. The van der Waals surface area contributed by atoms with Gasteiger partial charge in [0.1, 0.15) is 5.82 Å². The molecule has 6 heteroatoms. The van der Waals surface area contributed by atoms with Gasteiger partial charge in [-0.1, -0.05) is 12.1 Å². The predicted molar refractivity (Wildman–Crippen MR) is 86.2 cm³/mol. The number of rotatable bonds is 5. The molecular formula is C17H18FN3O2. The third-order valence-corrected chi connectivity index (χ3v) is 3.68. The van der Waals surface area contributed by atoms with E-state index < -0.39 is 5.82 Å². The third-order valence-electron chi connectivity index (χ3n) is 3.68. The van der Waals surface area contributed by atoms with Gasteiger partial charge >= 0.3 is 0 Å². The monoisotopic (exact) mass is 315 g/mol. The summed E-state index contributed by atoms with van der Waals surface area (Å²) in [7, 11) is 0. The average molecular weight is 315 g/mol. The number of nitrogens with one attached hydrogen (secondary N) is 1. The summed E-state index contributed by atoms with van der Waals surface area (Å²) in [6, 6.07) is 9.67. The lowest BCUT2D eigenvalue weighted by Crippen LogP contribution is -2.21. The molecule has 1 amide bonds. The zero-order valence-electron chi connectivity index (χ0n) is 12.7. The van der Waals surface area contributed by atoms with Crippen LogP contribution in [0.3, 0.4) is 0 Å². The molecule has 0 saturated carbocycles. The summed E-state index contributed by atoms with van der Waals surface area (Å²) in [4.78, 5) is 18.3. The number of aromatic nitrogens is 1. The standard InChI is InChI=1S/C17H18FN3O2/c18-14-5-1-2-6-15(14)23-12-17(22)20-16-8-7-13(11-19-16)21-9-3-4-10-21/h1-2,5-8,11H,3-4,9-10,12H2,(H,19,20,22). The second kappa shape index (κ2) is 7.09. The lowest BCUT2D eigenvalue weighted by molar-refractivity contribution is -0.118. The van der Waals surface area contributed by atoms with Crippen LogP contribution in [-0.2, 0) is 4.79 Å². The Bertz CT molecular complexity index is 670. The van der Waals surface area contributed by atoms with Gasteiger partial charge in [0.15, 0.2) is 18.2 Å². The number of hydrogen-bond acceptors (Lipinski definition) is 4. The molecule has 120 valence electrons.